The number of nitrogens with two attached hydrogens (primary N) is 1. The van der Waals surface area contributed by atoms with Crippen molar-refractivity contribution in [2.24, 2.45) is 5.73 Å². The lowest BCUT2D eigenvalue weighted by molar-refractivity contribution is -0.0249. The van der Waals surface area contributed by atoms with Crippen molar-refractivity contribution in [1.82, 2.24) is 0 Å². The second-order valence-electron chi connectivity index (χ2n) is 9.84. The first-order valence-corrected chi connectivity index (χ1v) is 16.3. The van der Waals surface area contributed by atoms with Gasteiger partial charge in [0.25, 0.3) is 0 Å². The Labute approximate surface area is 251 Å². The SMILES string of the molecule is CCCCCCCCCCCCCOCCOCCOCCOCCOCCOCCOCCOCCOCCN. The maximum absolute atomic E-state index is 5.65. The number of rotatable bonds is 38. The molecular formula is C31H65NO9. The van der Waals surface area contributed by atoms with Gasteiger partial charge in [-0.1, -0.05) is 71.1 Å². The third kappa shape index (κ3) is 39.6. The minimum atomic E-state index is 0.533. The molecule has 0 aromatic rings. The van der Waals surface area contributed by atoms with E-state index in [-0.39, 0.29) is 0 Å². The second-order valence-corrected chi connectivity index (χ2v) is 9.84. The lowest BCUT2D eigenvalue weighted by atomic mass is 10.1. The molecule has 0 spiro atoms. The van der Waals surface area contributed by atoms with Crippen molar-refractivity contribution >= 4 is 0 Å². The summed E-state index contributed by atoms with van der Waals surface area (Å²) in [6.45, 7) is 13.1. The Morgan fingerprint density at radius 2 is 0.488 bits per heavy atom. The highest BCUT2D eigenvalue weighted by atomic mass is 16.6. The molecule has 0 aromatic carbocycles. The second kappa shape index (κ2) is 39.6. The van der Waals surface area contributed by atoms with Gasteiger partial charge in [0.2, 0.25) is 0 Å². The Morgan fingerprint density at radius 1 is 0.268 bits per heavy atom. The van der Waals surface area contributed by atoms with Crippen LogP contribution in [0.4, 0.5) is 0 Å². The molecule has 248 valence electrons. The molecule has 0 saturated heterocycles. The molecule has 0 aromatic heterocycles. The van der Waals surface area contributed by atoms with Gasteiger partial charge >= 0.3 is 0 Å². The largest absolute Gasteiger partial charge is 0.379 e. The van der Waals surface area contributed by atoms with Gasteiger partial charge in [-0.2, -0.15) is 0 Å². The molecule has 0 amide bonds. The van der Waals surface area contributed by atoms with Gasteiger partial charge in [0, 0.05) is 13.2 Å². The van der Waals surface area contributed by atoms with Crippen LogP contribution in [0.2, 0.25) is 0 Å². The van der Waals surface area contributed by atoms with Crippen LogP contribution in [0.25, 0.3) is 0 Å². The van der Waals surface area contributed by atoms with Crippen LogP contribution in [0.1, 0.15) is 77.6 Å². The summed E-state index contributed by atoms with van der Waals surface area (Å²) < 4.78 is 49.1. The van der Waals surface area contributed by atoms with Gasteiger partial charge in [0.1, 0.15) is 0 Å². The zero-order valence-electron chi connectivity index (χ0n) is 26.5. The summed E-state index contributed by atoms with van der Waals surface area (Å²) in [4.78, 5) is 0. The number of hydrogen-bond donors (Lipinski definition) is 1. The fourth-order valence-corrected chi connectivity index (χ4v) is 3.81. The Hall–Kier alpha value is -0.400. The highest BCUT2D eigenvalue weighted by Crippen LogP contribution is 2.11. The first kappa shape index (κ1) is 40.6. The summed E-state index contributed by atoms with van der Waals surface area (Å²) in [7, 11) is 0. The van der Waals surface area contributed by atoms with Gasteiger partial charge in [-0.05, 0) is 6.42 Å². The molecule has 0 rings (SSSR count). The highest BCUT2D eigenvalue weighted by Gasteiger charge is 1.97. The summed E-state index contributed by atoms with van der Waals surface area (Å²) in [5, 5.41) is 0. The average Bonchev–Trinajstić information content (AvgIpc) is 2.98. The summed E-state index contributed by atoms with van der Waals surface area (Å²) >= 11 is 0. The van der Waals surface area contributed by atoms with E-state index in [0.717, 1.165) is 13.0 Å². The predicted molar refractivity (Wildman–Crippen MR) is 163 cm³/mol. The normalized spacial score (nSPS) is 11.6. The predicted octanol–water partition coefficient (Wildman–Crippen LogP) is 4.41. The maximum Gasteiger partial charge on any atom is 0.0701 e. The van der Waals surface area contributed by atoms with E-state index < -0.39 is 0 Å². The summed E-state index contributed by atoms with van der Waals surface area (Å²) in [6, 6.07) is 0. The Balaban J connectivity index is 3.02. The number of unbranched alkanes of at least 4 members (excludes halogenated alkanes) is 10. The van der Waals surface area contributed by atoms with Gasteiger partial charge < -0.3 is 48.4 Å². The van der Waals surface area contributed by atoms with E-state index >= 15 is 0 Å². The third-order valence-electron chi connectivity index (χ3n) is 6.13. The molecule has 0 aliphatic carbocycles. The zero-order chi connectivity index (χ0) is 29.6. The van der Waals surface area contributed by atoms with Crippen molar-refractivity contribution in [1.29, 1.82) is 0 Å². The van der Waals surface area contributed by atoms with E-state index in [1.165, 1.54) is 64.2 Å². The molecule has 0 saturated carbocycles. The molecule has 0 unspecified atom stereocenters. The summed E-state index contributed by atoms with van der Waals surface area (Å²) in [5.41, 5.74) is 5.33. The van der Waals surface area contributed by atoms with Crippen LogP contribution in [0.15, 0.2) is 0 Å². The van der Waals surface area contributed by atoms with Crippen LogP contribution in [-0.2, 0) is 42.6 Å². The van der Waals surface area contributed by atoms with Crippen LogP contribution in [-0.4, -0.2) is 125 Å². The van der Waals surface area contributed by atoms with E-state index in [1.807, 2.05) is 0 Å². The minimum absolute atomic E-state index is 0.533. The van der Waals surface area contributed by atoms with Gasteiger partial charge in [0.15, 0.2) is 0 Å². The van der Waals surface area contributed by atoms with Crippen LogP contribution < -0.4 is 5.73 Å². The molecule has 0 fully saturated rings. The van der Waals surface area contributed by atoms with E-state index in [2.05, 4.69) is 6.92 Å². The Kier molecular flexibility index (Phi) is 39.2. The van der Waals surface area contributed by atoms with Gasteiger partial charge in [-0.25, -0.2) is 0 Å². The molecule has 10 nitrogen and oxygen atoms in total. The molecular weight excluding hydrogens is 530 g/mol. The number of hydrogen-bond acceptors (Lipinski definition) is 10. The van der Waals surface area contributed by atoms with Crippen molar-refractivity contribution < 1.29 is 42.6 Å². The molecule has 0 aliphatic rings. The quantitative estimate of drug-likeness (QED) is 0.103. The van der Waals surface area contributed by atoms with Gasteiger partial charge in [-0.3, -0.25) is 0 Å². The van der Waals surface area contributed by atoms with Crippen molar-refractivity contribution in [3.63, 3.8) is 0 Å². The monoisotopic (exact) mass is 595 g/mol. The third-order valence-corrected chi connectivity index (χ3v) is 6.13. The Morgan fingerprint density at radius 3 is 0.756 bits per heavy atom. The smallest absolute Gasteiger partial charge is 0.0701 e. The van der Waals surface area contributed by atoms with Crippen LogP contribution >= 0.6 is 0 Å². The van der Waals surface area contributed by atoms with Crippen molar-refractivity contribution in [2.75, 3.05) is 125 Å². The van der Waals surface area contributed by atoms with E-state index in [4.69, 9.17) is 48.4 Å². The molecule has 41 heavy (non-hydrogen) atoms. The molecule has 0 aliphatic heterocycles. The first-order chi connectivity index (χ1) is 20.4. The summed E-state index contributed by atoms with van der Waals surface area (Å²) in [6.07, 6.45) is 14.9. The van der Waals surface area contributed by atoms with Crippen LogP contribution in [0.5, 0.6) is 0 Å². The number of ether oxygens (including phenoxy) is 9. The topological polar surface area (TPSA) is 109 Å². The minimum Gasteiger partial charge on any atom is -0.379 e. The molecule has 2 N–H and O–H groups in total. The molecule has 0 bridgehead atoms. The van der Waals surface area contributed by atoms with E-state index in [1.54, 1.807) is 0 Å². The van der Waals surface area contributed by atoms with Crippen LogP contribution in [0.3, 0.4) is 0 Å². The van der Waals surface area contributed by atoms with Crippen LogP contribution in [0, 0.1) is 0 Å². The zero-order valence-corrected chi connectivity index (χ0v) is 26.5. The molecule has 0 radical (unpaired) electrons. The van der Waals surface area contributed by atoms with Crippen molar-refractivity contribution in [2.45, 2.75) is 77.6 Å². The Bertz CT molecular complexity index is 412. The molecule has 10 heteroatoms. The maximum atomic E-state index is 5.65. The first-order valence-electron chi connectivity index (χ1n) is 16.3. The van der Waals surface area contributed by atoms with Crippen molar-refractivity contribution in [3.05, 3.63) is 0 Å². The van der Waals surface area contributed by atoms with Gasteiger partial charge in [-0.15, -0.1) is 0 Å². The lowest BCUT2D eigenvalue weighted by Crippen LogP contribution is -2.15. The van der Waals surface area contributed by atoms with Crippen molar-refractivity contribution in [3.8, 4) is 0 Å². The fraction of sp³-hybridized carbons (Fsp3) is 1.00. The lowest BCUT2D eigenvalue weighted by Gasteiger charge is -2.09. The molecule has 0 atom stereocenters. The van der Waals surface area contributed by atoms with Gasteiger partial charge in [0.05, 0.1) is 112 Å². The standard InChI is InChI=1S/C31H65NO9/c1-2-3-4-5-6-7-8-9-10-11-12-14-33-16-18-35-20-22-37-24-26-39-28-30-41-31-29-40-27-25-38-23-21-36-19-17-34-15-13-32/h2-32H2,1H3. The summed E-state index contributed by atoms with van der Waals surface area (Å²) in [5.74, 6) is 0. The molecule has 0 heterocycles. The average molecular weight is 596 g/mol. The van der Waals surface area contributed by atoms with E-state index in [9.17, 15) is 0 Å². The van der Waals surface area contributed by atoms with E-state index in [0.29, 0.717) is 119 Å². The fourth-order valence-electron chi connectivity index (χ4n) is 3.81. The highest BCUT2D eigenvalue weighted by molar-refractivity contribution is 4.48.